The van der Waals surface area contributed by atoms with Gasteiger partial charge in [-0.05, 0) is 79.8 Å². The first kappa shape index (κ1) is 26.0. The lowest BCUT2D eigenvalue weighted by atomic mass is 9.72. The van der Waals surface area contributed by atoms with Gasteiger partial charge >= 0.3 is 0 Å². The molecule has 5 heteroatoms. The summed E-state index contributed by atoms with van der Waals surface area (Å²) >= 11 is 6.67. The first-order valence-electron chi connectivity index (χ1n) is 15.6. The maximum absolute atomic E-state index is 6.99. The van der Waals surface area contributed by atoms with Gasteiger partial charge in [-0.25, -0.2) is 0 Å². The second-order valence-corrected chi connectivity index (χ2v) is 13.5. The largest absolute Gasteiger partial charge is 0.365 e. The molecule has 4 heterocycles. The standard InChI is InChI=1S/C36H40ClN3O/c1-39-21-23(17-30-29-13-8-14-32-34(29)31(20-33(30)39)36(37)38-32)22-40-26-15-16-27(40)19-28(18-26)41-35(24-9-4-2-5-10-24)25-11-6-3-7-12-25/h2-14,23,26-28,30,33,35,38H,15-22H2,1H3/t23-,26?,27?,28?,30+,33+/m0/s1. The van der Waals surface area contributed by atoms with Crippen LogP contribution in [0.2, 0.25) is 5.15 Å². The van der Waals surface area contributed by atoms with E-state index < -0.39 is 0 Å². The third-order valence-electron chi connectivity index (χ3n) is 10.7. The molecule has 4 nitrogen and oxygen atoms in total. The van der Waals surface area contributed by atoms with E-state index in [0.717, 1.165) is 24.4 Å². The van der Waals surface area contributed by atoms with Gasteiger partial charge in [0.2, 0.25) is 0 Å². The zero-order valence-electron chi connectivity index (χ0n) is 23.9. The fraction of sp³-hybridized carbons (Fsp3) is 0.444. The number of ether oxygens (including phenoxy) is 1. The number of aromatic nitrogens is 1. The fourth-order valence-electron chi connectivity index (χ4n) is 8.96. The summed E-state index contributed by atoms with van der Waals surface area (Å²) in [6, 6.07) is 30.1. The average Bonchev–Trinajstić information content (AvgIpc) is 3.43. The smallest absolute Gasteiger partial charge is 0.110 e. The number of hydrogen-bond acceptors (Lipinski definition) is 3. The van der Waals surface area contributed by atoms with Crippen molar-refractivity contribution in [3.8, 4) is 0 Å². The molecule has 1 aliphatic carbocycles. The number of fused-ring (bicyclic) bond motifs is 4. The molecule has 0 radical (unpaired) electrons. The van der Waals surface area contributed by atoms with Crippen LogP contribution in [0.15, 0.2) is 78.9 Å². The quantitative estimate of drug-likeness (QED) is 0.261. The summed E-state index contributed by atoms with van der Waals surface area (Å²) < 4.78 is 6.99. The number of hydrogen-bond donors (Lipinski definition) is 1. The molecule has 1 N–H and O–H groups in total. The minimum Gasteiger partial charge on any atom is -0.365 e. The Labute approximate surface area is 248 Å². The van der Waals surface area contributed by atoms with Crippen molar-refractivity contribution in [1.29, 1.82) is 0 Å². The Bertz CT molecular complexity index is 1470. The van der Waals surface area contributed by atoms with Crippen molar-refractivity contribution in [1.82, 2.24) is 14.8 Å². The van der Waals surface area contributed by atoms with Crippen LogP contribution in [0, 0.1) is 5.92 Å². The molecule has 3 fully saturated rings. The molecule has 3 saturated heterocycles. The summed E-state index contributed by atoms with van der Waals surface area (Å²) in [6.45, 7) is 2.39. The van der Waals surface area contributed by atoms with Gasteiger partial charge in [-0.15, -0.1) is 0 Å². The van der Waals surface area contributed by atoms with Crippen LogP contribution in [-0.4, -0.2) is 59.2 Å². The number of aromatic amines is 1. The first-order chi connectivity index (χ1) is 20.1. The summed E-state index contributed by atoms with van der Waals surface area (Å²) in [4.78, 5) is 8.98. The van der Waals surface area contributed by atoms with Gasteiger partial charge in [-0.2, -0.15) is 0 Å². The Balaban J connectivity index is 0.981. The van der Waals surface area contributed by atoms with E-state index in [1.807, 2.05) is 0 Å². The van der Waals surface area contributed by atoms with Crippen LogP contribution in [-0.2, 0) is 11.2 Å². The lowest BCUT2D eigenvalue weighted by molar-refractivity contribution is -0.0541. The van der Waals surface area contributed by atoms with E-state index in [9.17, 15) is 0 Å². The lowest BCUT2D eigenvalue weighted by Gasteiger charge is -2.48. The highest BCUT2D eigenvalue weighted by Crippen LogP contribution is 2.47. The molecule has 1 aromatic heterocycles. The van der Waals surface area contributed by atoms with Crippen LogP contribution in [0.4, 0.5) is 0 Å². The highest BCUT2D eigenvalue weighted by atomic mass is 35.5. The average molecular weight is 566 g/mol. The zero-order valence-corrected chi connectivity index (χ0v) is 24.6. The Kier molecular flexibility index (Phi) is 6.71. The third-order valence-corrected chi connectivity index (χ3v) is 11.1. The van der Waals surface area contributed by atoms with Crippen molar-refractivity contribution in [2.24, 2.45) is 5.92 Å². The summed E-state index contributed by atoms with van der Waals surface area (Å²) in [7, 11) is 2.34. The highest BCUT2D eigenvalue weighted by Gasteiger charge is 2.45. The van der Waals surface area contributed by atoms with E-state index in [4.69, 9.17) is 16.3 Å². The Morgan fingerprint density at radius 2 is 1.56 bits per heavy atom. The minimum atomic E-state index is -0.00175. The van der Waals surface area contributed by atoms with Gasteiger partial charge in [-0.3, -0.25) is 4.90 Å². The zero-order chi connectivity index (χ0) is 27.5. The van der Waals surface area contributed by atoms with Crippen molar-refractivity contribution >= 4 is 22.5 Å². The van der Waals surface area contributed by atoms with Crippen LogP contribution in [0.3, 0.4) is 0 Å². The molecule has 0 spiro atoms. The SMILES string of the molecule is CN1C[C@@H](CN2C3CCC2CC(OC(c2ccccc2)c2ccccc2)C3)C[C@@H]2c3cccc4[nH]c(Cl)c(c34)C[C@H]21. The molecule has 3 aliphatic heterocycles. The van der Waals surface area contributed by atoms with Crippen molar-refractivity contribution in [3.63, 3.8) is 0 Å². The van der Waals surface area contributed by atoms with Gasteiger partial charge in [0, 0.05) is 48.0 Å². The van der Waals surface area contributed by atoms with Gasteiger partial charge in [-0.1, -0.05) is 84.4 Å². The van der Waals surface area contributed by atoms with Crippen LogP contribution in [0.25, 0.3) is 10.9 Å². The molecule has 2 unspecified atom stereocenters. The Hall–Kier alpha value is -2.63. The number of H-pyrrole nitrogens is 1. The predicted molar refractivity (Wildman–Crippen MR) is 167 cm³/mol. The van der Waals surface area contributed by atoms with E-state index in [2.05, 4.69) is 101 Å². The molecule has 4 aliphatic rings. The van der Waals surface area contributed by atoms with Gasteiger partial charge < -0.3 is 14.6 Å². The monoisotopic (exact) mass is 565 g/mol. The molecule has 0 saturated carbocycles. The third kappa shape index (κ3) is 4.64. The van der Waals surface area contributed by atoms with Crippen molar-refractivity contribution in [2.45, 2.75) is 74.8 Å². The molecule has 4 aromatic rings. The van der Waals surface area contributed by atoms with Gasteiger partial charge in [0.1, 0.15) is 11.3 Å². The predicted octanol–water partition coefficient (Wildman–Crippen LogP) is 7.58. The van der Waals surface area contributed by atoms with Gasteiger partial charge in [0.25, 0.3) is 0 Å². The maximum Gasteiger partial charge on any atom is 0.110 e. The van der Waals surface area contributed by atoms with E-state index >= 15 is 0 Å². The van der Waals surface area contributed by atoms with E-state index in [-0.39, 0.29) is 6.10 Å². The maximum atomic E-state index is 6.99. The minimum absolute atomic E-state index is 0.00175. The molecule has 2 bridgehead atoms. The number of likely N-dealkylation sites (N-methyl/N-ethyl adjacent to an activating group) is 1. The summed E-state index contributed by atoms with van der Waals surface area (Å²) in [5.41, 5.74) is 6.55. The number of likely N-dealkylation sites (tertiary alicyclic amines) is 1. The first-order valence-corrected chi connectivity index (χ1v) is 16.0. The number of rotatable bonds is 6. The molecular formula is C36H40ClN3O. The fourth-order valence-corrected chi connectivity index (χ4v) is 9.23. The Morgan fingerprint density at radius 3 is 2.24 bits per heavy atom. The van der Waals surface area contributed by atoms with E-state index in [1.54, 1.807) is 0 Å². The van der Waals surface area contributed by atoms with Crippen molar-refractivity contribution < 1.29 is 4.74 Å². The normalized spacial score (nSPS) is 29.7. The van der Waals surface area contributed by atoms with Gasteiger partial charge in [0.05, 0.1) is 6.10 Å². The topological polar surface area (TPSA) is 31.5 Å². The number of halogens is 1. The molecule has 212 valence electrons. The number of piperidine rings is 2. The van der Waals surface area contributed by atoms with Crippen LogP contribution < -0.4 is 0 Å². The van der Waals surface area contributed by atoms with Crippen molar-refractivity contribution in [2.75, 3.05) is 20.1 Å². The van der Waals surface area contributed by atoms with Crippen LogP contribution in [0.5, 0.6) is 0 Å². The van der Waals surface area contributed by atoms with Crippen LogP contribution in [0.1, 0.15) is 66.4 Å². The summed E-state index contributed by atoms with van der Waals surface area (Å²) in [5, 5.41) is 2.24. The van der Waals surface area contributed by atoms with Gasteiger partial charge in [0.15, 0.2) is 0 Å². The second kappa shape index (κ2) is 10.6. The highest BCUT2D eigenvalue weighted by molar-refractivity contribution is 6.32. The molecule has 0 amide bonds. The number of nitrogens with zero attached hydrogens (tertiary/aromatic N) is 2. The van der Waals surface area contributed by atoms with E-state index in [1.165, 1.54) is 65.5 Å². The summed E-state index contributed by atoms with van der Waals surface area (Å²) in [6.07, 6.45) is 7.55. The molecular weight excluding hydrogens is 526 g/mol. The summed E-state index contributed by atoms with van der Waals surface area (Å²) in [5.74, 6) is 1.27. The molecule has 3 aromatic carbocycles. The molecule has 8 rings (SSSR count). The van der Waals surface area contributed by atoms with Crippen LogP contribution >= 0.6 is 11.6 Å². The van der Waals surface area contributed by atoms with E-state index in [0.29, 0.717) is 36.1 Å². The molecule has 41 heavy (non-hydrogen) atoms. The lowest BCUT2D eigenvalue weighted by Crippen LogP contribution is -2.53. The number of nitrogens with one attached hydrogen (secondary N) is 1. The van der Waals surface area contributed by atoms with Crippen molar-refractivity contribution in [3.05, 3.63) is 106 Å². The Morgan fingerprint density at radius 1 is 0.878 bits per heavy atom. The number of benzene rings is 3. The second-order valence-electron chi connectivity index (χ2n) is 13.1. The molecule has 5 atom stereocenters.